The van der Waals surface area contributed by atoms with Gasteiger partial charge in [-0.2, -0.15) is 0 Å². The van der Waals surface area contributed by atoms with Gasteiger partial charge >= 0.3 is 0 Å². The summed E-state index contributed by atoms with van der Waals surface area (Å²) in [7, 11) is 0. The van der Waals surface area contributed by atoms with E-state index in [1.54, 1.807) is 11.3 Å². The van der Waals surface area contributed by atoms with E-state index in [9.17, 15) is 4.79 Å². The van der Waals surface area contributed by atoms with Crippen molar-refractivity contribution in [3.63, 3.8) is 0 Å². The number of amides is 1. The predicted octanol–water partition coefficient (Wildman–Crippen LogP) is 5.41. The van der Waals surface area contributed by atoms with Crippen molar-refractivity contribution in [2.24, 2.45) is 0 Å². The number of benzene rings is 3. The number of hydrogen-bond acceptors (Lipinski definition) is 5. The lowest BCUT2D eigenvalue weighted by molar-refractivity contribution is 0.0391. The first-order valence-electron chi connectivity index (χ1n) is 11.2. The summed E-state index contributed by atoms with van der Waals surface area (Å²) in [6.45, 7) is 6.86. The minimum absolute atomic E-state index is 0. The van der Waals surface area contributed by atoms with Crippen molar-refractivity contribution in [2.45, 2.75) is 13.3 Å². The molecular formula is C26H28ClN3O2S. The van der Waals surface area contributed by atoms with Crippen LogP contribution < -0.4 is 4.90 Å². The van der Waals surface area contributed by atoms with Gasteiger partial charge in [-0.3, -0.25) is 14.6 Å². The van der Waals surface area contributed by atoms with Gasteiger partial charge in [0.15, 0.2) is 5.13 Å². The zero-order valence-corrected chi connectivity index (χ0v) is 20.3. The highest BCUT2D eigenvalue weighted by Crippen LogP contribution is 2.31. The third kappa shape index (κ3) is 5.20. The minimum atomic E-state index is -0.00113. The molecule has 5 rings (SSSR count). The maximum atomic E-state index is 13.7. The van der Waals surface area contributed by atoms with Crippen LogP contribution in [-0.2, 0) is 11.2 Å². The molecule has 0 atom stereocenters. The summed E-state index contributed by atoms with van der Waals surface area (Å²) >= 11 is 1.60. The molecule has 1 saturated heterocycles. The van der Waals surface area contributed by atoms with Gasteiger partial charge < -0.3 is 4.74 Å². The van der Waals surface area contributed by atoms with Crippen molar-refractivity contribution < 1.29 is 9.53 Å². The number of carbonyl (C=O) groups excluding carboxylic acids is 1. The Morgan fingerprint density at radius 3 is 2.64 bits per heavy atom. The molecule has 1 fully saturated rings. The molecule has 0 radical (unpaired) electrons. The second kappa shape index (κ2) is 10.6. The van der Waals surface area contributed by atoms with Gasteiger partial charge in [0.1, 0.15) is 0 Å². The van der Waals surface area contributed by atoms with E-state index in [-0.39, 0.29) is 18.3 Å². The number of thiazole rings is 1. The minimum Gasteiger partial charge on any atom is -0.379 e. The van der Waals surface area contributed by atoms with E-state index in [1.807, 2.05) is 41.3 Å². The summed E-state index contributed by atoms with van der Waals surface area (Å²) in [5.74, 6) is -0.00113. The molecule has 1 aliphatic heterocycles. The van der Waals surface area contributed by atoms with Gasteiger partial charge in [0.2, 0.25) is 0 Å². The van der Waals surface area contributed by atoms with Crippen molar-refractivity contribution in [2.75, 3.05) is 44.3 Å². The number of anilines is 1. The van der Waals surface area contributed by atoms with Crippen LogP contribution in [0.5, 0.6) is 0 Å². The topological polar surface area (TPSA) is 45.7 Å². The number of nitrogens with zero attached hydrogens (tertiary/aromatic N) is 3. The van der Waals surface area contributed by atoms with Crippen molar-refractivity contribution in [3.8, 4) is 0 Å². The number of ether oxygens (including phenoxy) is 1. The normalized spacial score (nSPS) is 14.3. The number of carbonyl (C=O) groups is 1. The Kier molecular flexibility index (Phi) is 7.60. The molecule has 0 aliphatic carbocycles. The first-order valence-corrected chi connectivity index (χ1v) is 12.0. The molecule has 1 amide bonds. The van der Waals surface area contributed by atoms with Crippen LogP contribution in [0.4, 0.5) is 5.13 Å². The molecule has 0 unspecified atom stereocenters. The molecule has 33 heavy (non-hydrogen) atoms. The largest absolute Gasteiger partial charge is 0.379 e. The van der Waals surface area contributed by atoms with Crippen molar-refractivity contribution >= 4 is 55.8 Å². The molecule has 2 heterocycles. The standard InChI is InChI=1S/C26H27N3O2S.ClH/c1-2-19-7-10-23-24(17-19)32-26(27-23)29(12-11-28-13-15-31-16-14-28)25(30)22-9-8-20-5-3-4-6-21(20)18-22;/h3-10,17-18H,2,11-16H2,1H3;1H. The van der Waals surface area contributed by atoms with Gasteiger partial charge in [0.05, 0.1) is 23.4 Å². The Hall–Kier alpha value is -2.51. The highest BCUT2D eigenvalue weighted by Gasteiger charge is 2.23. The van der Waals surface area contributed by atoms with E-state index in [1.165, 1.54) is 5.56 Å². The van der Waals surface area contributed by atoms with E-state index in [4.69, 9.17) is 9.72 Å². The van der Waals surface area contributed by atoms with E-state index in [2.05, 4.69) is 36.1 Å². The van der Waals surface area contributed by atoms with Crippen LogP contribution in [-0.4, -0.2) is 55.2 Å². The molecule has 1 aliphatic rings. The SMILES string of the molecule is CCc1ccc2nc(N(CCN3CCOCC3)C(=O)c3ccc4ccccc4c3)sc2c1.Cl. The van der Waals surface area contributed by atoms with E-state index in [0.717, 1.165) is 65.4 Å². The average Bonchev–Trinajstić information content (AvgIpc) is 3.27. The Morgan fingerprint density at radius 1 is 1.06 bits per heavy atom. The molecule has 0 N–H and O–H groups in total. The molecule has 1 aromatic heterocycles. The fourth-order valence-corrected chi connectivity index (χ4v) is 5.17. The van der Waals surface area contributed by atoms with E-state index in [0.29, 0.717) is 12.1 Å². The van der Waals surface area contributed by atoms with Crippen LogP contribution >= 0.6 is 23.7 Å². The molecule has 4 aromatic rings. The maximum Gasteiger partial charge on any atom is 0.260 e. The third-order valence-electron chi connectivity index (χ3n) is 6.07. The van der Waals surface area contributed by atoms with Gasteiger partial charge in [-0.25, -0.2) is 4.98 Å². The Labute approximate surface area is 204 Å². The molecule has 5 nitrogen and oxygen atoms in total. The summed E-state index contributed by atoms with van der Waals surface area (Å²) in [5, 5.41) is 2.97. The fraction of sp³-hybridized carbons (Fsp3) is 0.308. The Morgan fingerprint density at radius 2 is 1.85 bits per heavy atom. The second-order valence-corrected chi connectivity index (χ2v) is 9.13. The van der Waals surface area contributed by atoms with Crippen LogP contribution in [0.1, 0.15) is 22.8 Å². The average molecular weight is 482 g/mol. The molecule has 0 bridgehead atoms. The Balaban J connectivity index is 0.00000259. The molecule has 3 aromatic carbocycles. The monoisotopic (exact) mass is 481 g/mol. The maximum absolute atomic E-state index is 13.7. The third-order valence-corrected chi connectivity index (χ3v) is 7.11. The van der Waals surface area contributed by atoms with Gasteiger partial charge in [-0.1, -0.05) is 54.7 Å². The lowest BCUT2D eigenvalue weighted by Gasteiger charge is -2.29. The predicted molar refractivity (Wildman–Crippen MR) is 139 cm³/mol. The van der Waals surface area contributed by atoms with Gasteiger partial charge in [-0.05, 0) is 47.0 Å². The number of rotatable bonds is 6. The van der Waals surface area contributed by atoms with Gasteiger partial charge in [0, 0.05) is 31.7 Å². The summed E-state index contributed by atoms with van der Waals surface area (Å²) < 4.78 is 6.60. The first kappa shape index (κ1) is 23.6. The van der Waals surface area contributed by atoms with Gasteiger partial charge in [-0.15, -0.1) is 12.4 Å². The zero-order valence-electron chi connectivity index (χ0n) is 18.7. The first-order chi connectivity index (χ1) is 15.7. The number of fused-ring (bicyclic) bond motifs is 2. The lowest BCUT2D eigenvalue weighted by atomic mass is 10.1. The number of morpholine rings is 1. The van der Waals surface area contributed by atoms with Crippen molar-refractivity contribution in [3.05, 3.63) is 71.8 Å². The molecule has 172 valence electrons. The van der Waals surface area contributed by atoms with Crippen LogP contribution in [0.2, 0.25) is 0 Å². The number of halogens is 1. The van der Waals surface area contributed by atoms with Crippen LogP contribution in [0.25, 0.3) is 21.0 Å². The molecule has 0 spiro atoms. The second-order valence-electron chi connectivity index (χ2n) is 8.12. The summed E-state index contributed by atoms with van der Waals surface area (Å²) in [5.41, 5.74) is 2.93. The Bertz CT molecular complexity index is 1250. The van der Waals surface area contributed by atoms with Crippen LogP contribution in [0.3, 0.4) is 0 Å². The zero-order chi connectivity index (χ0) is 21.9. The quantitative estimate of drug-likeness (QED) is 0.369. The van der Waals surface area contributed by atoms with E-state index >= 15 is 0 Å². The molecule has 7 heteroatoms. The number of aromatic nitrogens is 1. The smallest absolute Gasteiger partial charge is 0.260 e. The molecule has 0 saturated carbocycles. The highest BCUT2D eigenvalue weighted by molar-refractivity contribution is 7.22. The molecular weight excluding hydrogens is 454 g/mol. The highest BCUT2D eigenvalue weighted by atomic mass is 35.5. The summed E-state index contributed by atoms with van der Waals surface area (Å²) in [4.78, 5) is 22.8. The van der Waals surface area contributed by atoms with E-state index < -0.39 is 0 Å². The van der Waals surface area contributed by atoms with Gasteiger partial charge in [0.25, 0.3) is 5.91 Å². The van der Waals surface area contributed by atoms with Crippen molar-refractivity contribution in [1.82, 2.24) is 9.88 Å². The van der Waals surface area contributed by atoms with Crippen LogP contribution in [0.15, 0.2) is 60.7 Å². The number of aryl methyl sites for hydroxylation is 1. The number of hydrogen-bond donors (Lipinski definition) is 0. The lowest BCUT2D eigenvalue weighted by Crippen LogP contribution is -2.43. The summed E-state index contributed by atoms with van der Waals surface area (Å²) in [6, 6.07) is 20.5. The van der Waals surface area contributed by atoms with Crippen molar-refractivity contribution in [1.29, 1.82) is 0 Å². The van der Waals surface area contributed by atoms with Crippen LogP contribution in [0, 0.1) is 0 Å². The fourth-order valence-electron chi connectivity index (χ4n) is 4.12. The summed E-state index contributed by atoms with van der Waals surface area (Å²) in [6.07, 6.45) is 0.986.